The first-order valence-corrected chi connectivity index (χ1v) is 24.1. The minimum Gasteiger partial charge on any atom is -0.380 e. The van der Waals surface area contributed by atoms with Gasteiger partial charge < -0.3 is 5.32 Å². The predicted octanol–water partition coefficient (Wildman–Crippen LogP) is 14.5. The first-order chi connectivity index (χ1) is 33.4. The van der Waals surface area contributed by atoms with Gasteiger partial charge in [0.1, 0.15) is 0 Å². The second-order valence-electron chi connectivity index (χ2n) is 20.1. The zero-order valence-corrected chi connectivity index (χ0v) is 38.4. The molecule has 0 spiro atoms. The van der Waals surface area contributed by atoms with Gasteiger partial charge in [-0.1, -0.05) is 203 Å². The van der Waals surface area contributed by atoms with Crippen LogP contribution in [0, 0.1) is 0 Å². The highest BCUT2D eigenvalue weighted by atomic mass is 14.9. The Balaban J connectivity index is 0.971. The maximum absolute atomic E-state index is 5.18. The molecule has 4 aliphatic rings. The number of fused-ring (bicyclic) bond motifs is 11. The molecule has 2 nitrogen and oxygen atoms in total. The van der Waals surface area contributed by atoms with Crippen molar-refractivity contribution in [3.63, 3.8) is 0 Å². The molecule has 68 heavy (non-hydrogen) atoms. The van der Waals surface area contributed by atoms with Crippen molar-refractivity contribution >= 4 is 61.1 Å². The summed E-state index contributed by atoms with van der Waals surface area (Å²) >= 11 is 0. The predicted molar refractivity (Wildman–Crippen MR) is 287 cm³/mol. The van der Waals surface area contributed by atoms with E-state index in [1.807, 2.05) is 0 Å². The third kappa shape index (κ3) is 5.55. The number of para-hydroxylation sites is 1. The fraction of sp³-hybridized carbons (Fsp3) is 0.106. The molecule has 0 saturated carbocycles. The third-order valence-corrected chi connectivity index (χ3v) is 15.9. The molecule has 0 amide bonds. The molecule has 322 valence electrons. The molecule has 0 radical (unpaired) electrons. The van der Waals surface area contributed by atoms with E-state index < -0.39 is 0 Å². The van der Waals surface area contributed by atoms with E-state index in [0.29, 0.717) is 0 Å². The van der Waals surface area contributed by atoms with Gasteiger partial charge in [-0.25, -0.2) is 0 Å². The number of hydrogen-bond acceptors (Lipinski definition) is 2. The van der Waals surface area contributed by atoms with Crippen molar-refractivity contribution in [1.29, 1.82) is 0 Å². The van der Waals surface area contributed by atoms with E-state index in [1.54, 1.807) is 0 Å². The van der Waals surface area contributed by atoms with E-state index in [0.717, 1.165) is 11.9 Å². The Morgan fingerprint density at radius 3 is 1.94 bits per heavy atom. The molecule has 2 heteroatoms. The van der Waals surface area contributed by atoms with Crippen molar-refractivity contribution in [2.75, 3.05) is 0 Å². The van der Waals surface area contributed by atoms with E-state index in [1.165, 1.54) is 126 Å². The molecule has 9 aromatic carbocycles. The molecular formula is C66H48N2. The molecule has 1 aliphatic heterocycles. The van der Waals surface area contributed by atoms with E-state index in [-0.39, 0.29) is 16.9 Å². The number of rotatable bonds is 4. The highest BCUT2D eigenvalue weighted by molar-refractivity contribution is 6.22. The molecule has 2 unspecified atom stereocenters. The maximum atomic E-state index is 5.18. The number of hydrogen-bond donors (Lipinski definition) is 1. The molecule has 2 heterocycles. The van der Waals surface area contributed by atoms with E-state index in [4.69, 9.17) is 4.98 Å². The number of nitrogens with one attached hydrogen (secondary N) is 1. The standard InChI is InChI=1S/C66H48N2/c1-65(2)55-35-42(59-47-21-9-10-22-48(47)61(41-18-5-4-6-19-41)62-51-25-13-15-27-57(51)67-38-53(59)62)29-31-45(55)46-32-30-43(36-56(46)65)60-49-23-11-12-24-50(49)64(63-52-26-14-16-28-58(52)68-39-54(60)63)66(3)34-33-40-17-7-8-20-44(40)37-66/h4-36,38-39,57,67H,37H2,1-3H3. The number of benzene rings is 9. The minimum atomic E-state index is -0.264. The van der Waals surface area contributed by atoms with Gasteiger partial charge in [-0.05, 0) is 135 Å². The molecule has 10 aromatic rings. The average molecular weight is 869 g/mol. The molecule has 2 atom stereocenters. The van der Waals surface area contributed by atoms with Crippen molar-refractivity contribution in [3.05, 3.63) is 239 Å². The SMILES string of the molecule is CC1(c2c3ccccc3c(-c3ccc4c(c3)C(C)(C)c3cc(-c5c6c(c(-c7ccccc7)c7ccccc57)=C5C=CC=CC5NC=6)ccc3-4)c3cnc4ccccc4c23)C=Cc2ccccc2C1. The summed E-state index contributed by atoms with van der Waals surface area (Å²) in [6, 6.07) is 61.4. The van der Waals surface area contributed by atoms with Crippen LogP contribution in [0.15, 0.2) is 200 Å². The van der Waals surface area contributed by atoms with Crippen LogP contribution in [0.3, 0.4) is 0 Å². The Labute approximate surface area is 396 Å². The van der Waals surface area contributed by atoms with Crippen LogP contribution in [-0.4, -0.2) is 11.0 Å². The zero-order chi connectivity index (χ0) is 45.3. The van der Waals surface area contributed by atoms with Gasteiger partial charge in [0.2, 0.25) is 0 Å². The van der Waals surface area contributed by atoms with Crippen LogP contribution in [0.25, 0.3) is 106 Å². The van der Waals surface area contributed by atoms with Crippen molar-refractivity contribution in [2.24, 2.45) is 0 Å². The highest BCUT2D eigenvalue weighted by Crippen LogP contribution is 2.53. The van der Waals surface area contributed by atoms with Crippen LogP contribution in [0.1, 0.15) is 48.6 Å². The molecule has 1 N–H and O–H groups in total. The van der Waals surface area contributed by atoms with Crippen molar-refractivity contribution in [1.82, 2.24) is 10.3 Å². The van der Waals surface area contributed by atoms with Gasteiger partial charge in [0, 0.05) is 39.2 Å². The molecular weight excluding hydrogens is 821 g/mol. The summed E-state index contributed by atoms with van der Waals surface area (Å²) in [5.74, 6) is 0. The van der Waals surface area contributed by atoms with Crippen molar-refractivity contribution < 1.29 is 0 Å². The monoisotopic (exact) mass is 868 g/mol. The van der Waals surface area contributed by atoms with Gasteiger partial charge >= 0.3 is 0 Å². The van der Waals surface area contributed by atoms with Gasteiger partial charge in [0.05, 0.1) is 11.6 Å². The Morgan fingerprint density at radius 2 is 1.18 bits per heavy atom. The van der Waals surface area contributed by atoms with Gasteiger partial charge in [0.25, 0.3) is 0 Å². The Bertz CT molecular complexity index is 4070. The van der Waals surface area contributed by atoms with Crippen LogP contribution in [0.2, 0.25) is 0 Å². The highest BCUT2D eigenvalue weighted by Gasteiger charge is 2.38. The lowest BCUT2D eigenvalue weighted by Crippen LogP contribution is -2.44. The molecule has 0 saturated heterocycles. The lowest BCUT2D eigenvalue weighted by atomic mass is 9.69. The molecule has 0 bridgehead atoms. The smallest absolute Gasteiger partial charge is 0.0708 e. The zero-order valence-electron chi connectivity index (χ0n) is 38.4. The van der Waals surface area contributed by atoms with Gasteiger partial charge in [-0.2, -0.15) is 0 Å². The number of allylic oxidation sites excluding steroid dienone is 3. The van der Waals surface area contributed by atoms with Crippen LogP contribution in [0.5, 0.6) is 0 Å². The topological polar surface area (TPSA) is 24.9 Å². The summed E-state index contributed by atoms with van der Waals surface area (Å²) in [6.45, 7) is 7.28. The van der Waals surface area contributed by atoms with Gasteiger partial charge in [-0.3, -0.25) is 4.98 Å². The second kappa shape index (κ2) is 14.5. The number of aromatic nitrogens is 1. The van der Waals surface area contributed by atoms with Crippen LogP contribution in [0.4, 0.5) is 0 Å². The summed E-state index contributed by atoms with van der Waals surface area (Å²) in [6.07, 6.45) is 19.1. The first-order valence-electron chi connectivity index (χ1n) is 24.1. The fourth-order valence-electron chi connectivity index (χ4n) is 12.7. The Hall–Kier alpha value is -8.07. The summed E-state index contributed by atoms with van der Waals surface area (Å²) in [7, 11) is 0. The molecule has 14 rings (SSSR count). The van der Waals surface area contributed by atoms with Crippen LogP contribution >= 0.6 is 0 Å². The normalized spacial score (nSPS) is 18.2. The maximum Gasteiger partial charge on any atom is 0.0708 e. The van der Waals surface area contributed by atoms with Crippen LogP contribution in [-0.2, 0) is 17.3 Å². The van der Waals surface area contributed by atoms with Crippen molar-refractivity contribution in [3.8, 4) is 44.5 Å². The Morgan fingerprint density at radius 1 is 0.544 bits per heavy atom. The van der Waals surface area contributed by atoms with E-state index in [9.17, 15) is 0 Å². The largest absolute Gasteiger partial charge is 0.380 e. The van der Waals surface area contributed by atoms with Gasteiger partial charge in [0.15, 0.2) is 0 Å². The fourth-order valence-corrected chi connectivity index (χ4v) is 12.7. The molecule has 3 aliphatic carbocycles. The molecule has 1 aromatic heterocycles. The van der Waals surface area contributed by atoms with Crippen LogP contribution < -0.4 is 15.8 Å². The molecule has 0 fully saturated rings. The minimum absolute atomic E-state index is 0.122. The summed E-state index contributed by atoms with van der Waals surface area (Å²) in [4.78, 5) is 5.18. The second-order valence-corrected chi connectivity index (χ2v) is 20.1. The number of nitrogens with zero attached hydrogens (tertiary/aromatic N) is 1. The van der Waals surface area contributed by atoms with Gasteiger partial charge in [-0.15, -0.1) is 0 Å². The van der Waals surface area contributed by atoms with E-state index in [2.05, 4.69) is 239 Å². The lowest BCUT2D eigenvalue weighted by Gasteiger charge is -2.34. The van der Waals surface area contributed by atoms with E-state index >= 15 is 0 Å². The Kier molecular flexibility index (Phi) is 8.32. The summed E-state index contributed by atoms with van der Waals surface area (Å²) in [5, 5.41) is 15.1. The quantitative estimate of drug-likeness (QED) is 0.141. The third-order valence-electron chi connectivity index (χ3n) is 15.9. The average Bonchev–Trinajstić information content (AvgIpc) is 3.61. The first kappa shape index (κ1) is 39.1. The summed E-state index contributed by atoms with van der Waals surface area (Å²) in [5.41, 5.74) is 18.8. The van der Waals surface area contributed by atoms with Crippen molar-refractivity contribution in [2.45, 2.75) is 44.1 Å². The number of pyridine rings is 1. The summed E-state index contributed by atoms with van der Waals surface area (Å²) < 4.78 is 0. The lowest BCUT2D eigenvalue weighted by molar-refractivity contribution is 0.597.